The molecule has 2 atom stereocenters. The summed E-state index contributed by atoms with van der Waals surface area (Å²) < 4.78 is 91.3. The van der Waals surface area contributed by atoms with Crippen LogP contribution in [0.2, 0.25) is 5.02 Å². The molecule has 2 aliphatic heterocycles. The molecule has 18 heteroatoms. The second-order valence-electron chi connectivity index (χ2n) is 10.1. The zero-order chi connectivity index (χ0) is 31.1. The quantitative estimate of drug-likeness (QED) is 0.0931. The Kier molecular flexibility index (Phi) is 9.87. The van der Waals surface area contributed by atoms with E-state index in [1.165, 1.54) is 16.2 Å². The van der Waals surface area contributed by atoms with Crippen LogP contribution in [0, 0.1) is 0 Å². The fourth-order valence-corrected chi connectivity index (χ4v) is 8.01. The topological polar surface area (TPSA) is 118 Å². The summed E-state index contributed by atoms with van der Waals surface area (Å²) in [5.74, 6) is -0.365. The summed E-state index contributed by atoms with van der Waals surface area (Å²) in [5.41, 5.74) is -0.687. The van der Waals surface area contributed by atoms with Crippen molar-refractivity contribution in [2.75, 3.05) is 24.5 Å². The number of carbonyl (C=O) groups is 1. The first-order chi connectivity index (χ1) is 20.3. The Morgan fingerprint density at radius 1 is 1.21 bits per heavy atom. The maximum Gasteiger partial charge on any atom is 0.282 e. The fourth-order valence-electron chi connectivity index (χ4n) is 5.20. The molecule has 43 heavy (non-hydrogen) atoms. The van der Waals surface area contributed by atoms with Gasteiger partial charge in [-0.2, -0.15) is 13.5 Å². The highest BCUT2D eigenvalue weighted by Gasteiger charge is 2.37. The molecule has 3 aromatic rings. The molecule has 0 saturated carbocycles. The summed E-state index contributed by atoms with van der Waals surface area (Å²) in [5, 5.41) is 6.56. The van der Waals surface area contributed by atoms with Gasteiger partial charge >= 0.3 is 0 Å². The van der Waals surface area contributed by atoms with Crippen molar-refractivity contribution < 1.29 is 40.1 Å². The molecule has 2 unspecified atom stereocenters. The standard InChI is InChI=1S/C25H25ClF4IN5O5S2/c26-15-3-1-2-14(12-43(38,39)40)21(15)18-9-35(25(31)41-18)19-11-42-24(32-19)13-4-6-34(7-5-13)20(37)10-36-17(23(29)30)8-16(33-36)22(27)28/h1-3,8,11,13,18,22-23,25H,4-7,9-10,12H2,(H,38,39,40). The minimum Gasteiger partial charge on any atom is -0.341 e. The van der Waals surface area contributed by atoms with Crippen molar-refractivity contribution in [1.82, 2.24) is 19.7 Å². The molecular formula is C25H25ClF4IN5O5S2. The van der Waals surface area contributed by atoms with Crippen molar-refractivity contribution in [3.63, 3.8) is 0 Å². The molecule has 234 valence electrons. The van der Waals surface area contributed by atoms with Gasteiger partial charge in [0, 0.05) is 35.0 Å². The van der Waals surface area contributed by atoms with Crippen molar-refractivity contribution in [2.24, 2.45) is 0 Å². The van der Waals surface area contributed by atoms with Crippen LogP contribution in [0.4, 0.5) is 23.4 Å². The largest absolute Gasteiger partial charge is 0.341 e. The summed E-state index contributed by atoms with van der Waals surface area (Å²) in [7, 11) is -4.29. The summed E-state index contributed by atoms with van der Waals surface area (Å²) in [6.45, 7) is 0.479. The van der Waals surface area contributed by atoms with E-state index >= 15 is 0 Å². The van der Waals surface area contributed by atoms with Crippen LogP contribution in [0.3, 0.4) is 0 Å². The Labute approximate surface area is 266 Å². The minimum absolute atomic E-state index is 0.0477. The van der Waals surface area contributed by atoms with E-state index in [-0.39, 0.29) is 5.92 Å². The number of likely N-dealkylation sites (tertiary alicyclic amines) is 1. The van der Waals surface area contributed by atoms with E-state index in [9.17, 15) is 35.3 Å². The summed E-state index contributed by atoms with van der Waals surface area (Å²) in [4.78, 5) is 21.0. The van der Waals surface area contributed by atoms with Crippen LogP contribution < -0.4 is 4.90 Å². The lowest BCUT2D eigenvalue weighted by Crippen LogP contribution is -2.40. The number of piperidine rings is 1. The van der Waals surface area contributed by atoms with Crippen molar-refractivity contribution in [2.45, 2.75) is 54.2 Å². The highest BCUT2D eigenvalue weighted by atomic mass is 127. The van der Waals surface area contributed by atoms with Crippen molar-refractivity contribution >= 4 is 67.4 Å². The molecule has 0 spiro atoms. The van der Waals surface area contributed by atoms with Crippen molar-refractivity contribution in [3.05, 3.63) is 62.2 Å². The smallest absolute Gasteiger partial charge is 0.282 e. The maximum atomic E-state index is 13.3. The van der Waals surface area contributed by atoms with E-state index in [4.69, 9.17) is 21.3 Å². The normalized spacial score (nSPS) is 20.1. The molecule has 2 saturated heterocycles. The second kappa shape index (κ2) is 13.1. The van der Waals surface area contributed by atoms with Crippen molar-refractivity contribution in [1.29, 1.82) is 0 Å². The molecular weight excluding hydrogens is 753 g/mol. The van der Waals surface area contributed by atoms with Gasteiger partial charge in [0.2, 0.25) is 5.91 Å². The number of amides is 1. The van der Waals surface area contributed by atoms with Gasteiger partial charge in [0.25, 0.3) is 23.0 Å². The van der Waals surface area contributed by atoms with Gasteiger partial charge in [-0.3, -0.25) is 14.0 Å². The number of anilines is 1. The number of rotatable bonds is 9. The number of aromatic nitrogens is 3. The number of thiazole rings is 1. The van der Waals surface area contributed by atoms with Gasteiger partial charge in [0.15, 0.2) is 4.23 Å². The first-order valence-corrected chi connectivity index (χ1v) is 17.1. The van der Waals surface area contributed by atoms with Crippen LogP contribution in [0.25, 0.3) is 0 Å². The number of nitrogens with zero attached hydrogens (tertiary/aromatic N) is 5. The molecule has 5 rings (SSSR count). The molecule has 0 radical (unpaired) electrons. The number of ether oxygens (including phenoxy) is 1. The number of benzene rings is 1. The molecule has 10 nitrogen and oxygen atoms in total. The number of halogens is 6. The van der Waals surface area contributed by atoms with Gasteiger partial charge in [-0.25, -0.2) is 22.5 Å². The first-order valence-electron chi connectivity index (χ1n) is 13.0. The van der Waals surface area contributed by atoms with Crippen LogP contribution in [0.1, 0.15) is 65.2 Å². The van der Waals surface area contributed by atoms with Crippen LogP contribution in [0.15, 0.2) is 29.6 Å². The molecule has 2 aromatic heterocycles. The molecule has 0 bridgehead atoms. The highest BCUT2D eigenvalue weighted by molar-refractivity contribution is 14.1. The van der Waals surface area contributed by atoms with E-state index < -0.39 is 62.9 Å². The van der Waals surface area contributed by atoms with E-state index in [1.54, 1.807) is 18.2 Å². The zero-order valence-electron chi connectivity index (χ0n) is 22.1. The molecule has 0 aliphatic carbocycles. The number of hydrogen-bond donors (Lipinski definition) is 1. The van der Waals surface area contributed by atoms with Crippen LogP contribution in [-0.4, -0.2) is 62.4 Å². The Bertz CT molecular complexity index is 1590. The number of alkyl halides is 5. The highest BCUT2D eigenvalue weighted by Crippen LogP contribution is 2.41. The fraction of sp³-hybridized carbons (Fsp3) is 0.480. The first kappa shape index (κ1) is 32.3. The molecule has 4 heterocycles. The van der Waals surface area contributed by atoms with Crippen LogP contribution in [0.5, 0.6) is 0 Å². The van der Waals surface area contributed by atoms with E-state index in [0.717, 1.165) is 5.01 Å². The molecule has 1 N–H and O–H groups in total. The zero-order valence-corrected chi connectivity index (χ0v) is 26.7. The molecule has 2 fully saturated rings. The average molecular weight is 778 g/mol. The SMILES string of the molecule is O=C(Cn1nc(C(F)F)cc1C(F)F)N1CCC(c2nc(N3CC(c4c(Cl)cccc4CS(=O)(=O)O)OC3I)cs2)CC1. The molecule has 2 aliphatic rings. The number of hydrogen-bond acceptors (Lipinski definition) is 8. The number of carbonyl (C=O) groups excluding carboxylic acids is 1. The van der Waals surface area contributed by atoms with Crippen LogP contribution >= 0.6 is 45.5 Å². The summed E-state index contributed by atoms with van der Waals surface area (Å²) in [6, 6.07) is 5.43. The summed E-state index contributed by atoms with van der Waals surface area (Å²) >= 11 is 9.97. The van der Waals surface area contributed by atoms with E-state index in [2.05, 4.69) is 27.7 Å². The van der Waals surface area contributed by atoms with E-state index in [1.807, 2.05) is 10.3 Å². The molecule has 1 amide bonds. The molecule has 1 aromatic carbocycles. The Hall–Kier alpha value is -2.06. The van der Waals surface area contributed by atoms with Gasteiger partial charge in [-0.15, -0.1) is 11.3 Å². The third kappa shape index (κ3) is 7.43. The maximum absolute atomic E-state index is 13.3. The van der Waals surface area contributed by atoms with Gasteiger partial charge in [0.1, 0.15) is 35.6 Å². The lowest BCUT2D eigenvalue weighted by atomic mass is 9.97. The predicted octanol–water partition coefficient (Wildman–Crippen LogP) is 5.96. The lowest BCUT2D eigenvalue weighted by molar-refractivity contribution is -0.133. The van der Waals surface area contributed by atoms with Gasteiger partial charge < -0.3 is 14.5 Å². The average Bonchev–Trinajstić information content (AvgIpc) is 3.66. The predicted molar refractivity (Wildman–Crippen MR) is 158 cm³/mol. The third-order valence-corrected chi connectivity index (χ3v) is 10.2. The Balaban J connectivity index is 1.21. The van der Waals surface area contributed by atoms with Gasteiger partial charge in [-0.05, 0) is 53.1 Å². The Morgan fingerprint density at radius 2 is 1.93 bits per heavy atom. The van der Waals surface area contributed by atoms with Crippen molar-refractivity contribution in [3.8, 4) is 0 Å². The monoisotopic (exact) mass is 777 g/mol. The lowest BCUT2D eigenvalue weighted by Gasteiger charge is -2.31. The third-order valence-electron chi connectivity index (χ3n) is 7.25. The second-order valence-corrected chi connectivity index (χ2v) is 13.9. The minimum atomic E-state index is -4.29. The van der Waals surface area contributed by atoms with E-state index in [0.29, 0.717) is 65.2 Å². The van der Waals surface area contributed by atoms with Gasteiger partial charge in [-0.1, -0.05) is 23.7 Å². The van der Waals surface area contributed by atoms with Crippen LogP contribution in [-0.2, 0) is 31.9 Å². The Morgan fingerprint density at radius 3 is 2.58 bits per heavy atom. The van der Waals surface area contributed by atoms with Gasteiger partial charge in [0.05, 0.1) is 11.6 Å². The summed E-state index contributed by atoms with van der Waals surface area (Å²) in [6.07, 6.45) is -5.48.